The zero-order valence-electron chi connectivity index (χ0n) is 13.5. The molecule has 0 spiro atoms. The Bertz CT molecular complexity index is 167. The molecule has 0 aromatic rings. The van der Waals surface area contributed by atoms with E-state index >= 15 is 0 Å². The third kappa shape index (κ3) is 8.13. The van der Waals surface area contributed by atoms with E-state index in [1.165, 1.54) is 77.3 Å². The van der Waals surface area contributed by atoms with Crippen LogP contribution in [0.25, 0.3) is 0 Å². The summed E-state index contributed by atoms with van der Waals surface area (Å²) in [6, 6.07) is 0. The van der Waals surface area contributed by atoms with Gasteiger partial charge in [0.05, 0.1) is 0 Å². The van der Waals surface area contributed by atoms with Crippen LogP contribution in [-0.2, 0) is 0 Å². The van der Waals surface area contributed by atoms with Gasteiger partial charge in [-0.05, 0) is 37.6 Å². The molecule has 0 fully saturated rings. The lowest BCUT2D eigenvalue weighted by molar-refractivity contribution is 0.205. The molecule has 0 heterocycles. The topological polar surface area (TPSA) is 12.0 Å². The highest BCUT2D eigenvalue weighted by Gasteiger charge is 2.26. The molecule has 0 aliphatic rings. The van der Waals surface area contributed by atoms with Crippen LogP contribution in [0.15, 0.2) is 0 Å². The Morgan fingerprint density at radius 2 is 1.39 bits per heavy atom. The molecule has 0 saturated carbocycles. The van der Waals surface area contributed by atoms with Gasteiger partial charge in [0.15, 0.2) is 0 Å². The Kier molecular flexibility index (Phi) is 12.0. The predicted octanol–water partition coefficient (Wildman–Crippen LogP) is 5.54. The maximum absolute atomic E-state index is 3.68. The van der Waals surface area contributed by atoms with Crippen LogP contribution in [0.3, 0.4) is 0 Å². The molecule has 110 valence electrons. The lowest BCUT2D eigenvalue weighted by Crippen LogP contribution is -2.34. The summed E-state index contributed by atoms with van der Waals surface area (Å²) in [5.74, 6) is 0. The SMILES string of the molecule is CCCCCCC(CC)(CCCC)CNCCC. The standard InChI is InChI=1S/C17H37N/c1-5-9-11-12-14-17(8-4,13-10-6-2)16-18-15-7-3/h18H,5-16H2,1-4H3. The molecule has 0 aromatic heterocycles. The molecule has 0 bridgehead atoms. The van der Waals surface area contributed by atoms with E-state index in [2.05, 4.69) is 33.0 Å². The summed E-state index contributed by atoms with van der Waals surface area (Å²) >= 11 is 0. The second-order valence-electron chi connectivity index (χ2n) is 5.94. The summed E-state index contributed by atoms with van der Waals surface area (Å²) in [5, 5.41) is 3.68. The lowest BCUT2D eigenvalue weighted by Gasteiger charge is -2.33. The van der Waals surface area contributed by atoms with E-state index in [0.717, 1.165) is 0 Å². The van der Waals surface area contributed by atoms with E-state index in [9.17, 15) is 0 Å². The van der Waals surface area contributed by atoms with Gasteiger partial charge < -0.3 is 5.32 Å². The maximum atomic E-state index is 3.68. The first-order chi connectivity index (χ1) is 8.74. The van der Waals surface area contributed by atoms with Crippen LogP contribution in [0.2, 0.25) is 0 Å². The molecule has 0 saturated heterocycles. The number of hydrogen-bond acceptors (Lipinski definition) is 1. The molecule has 0 rings (SSSR count). The van der Waals surface area contributed by atoms with E-state index < -0.39 is 0 Å². The highest BCUT2D eigenvalue weighted by molar-refractivity contribution is 4.80. The van der Waals surface area contributed by atoms with Gasteiger partial charge in [-0.3, -0.25) is 0 Å². The van der Waals surface area contributed by atoms with E-state index in [0.29, 0.717) is 5.41 Å². The van der Waals surface area contributed by atoms with Crippen LogP contribution in [0, 0.1) is 5.41 Å². The van der Waals surface area contributed by atoms with E-state index in [1.807, 2.05) is 0 Å². The first kappa shape index (κ1) is 18.0. The number of unbranched alkanes of at least 4 members (excludes halogenated alkanes) is 4. The minimum absolute atomic E-state index is 0.582. The summed E-state index contributed by atoms with van der Waals surface area (Å²) < 4.78 is 0. The summed E-state index contributed by atoms with van der Waals surface area (Å²) in [6.45, 7) is 11.7. The molecular weight excluding hydrogens is 218 g/mol. The third-order valence-corrected chi connectivity index (χ3v) is 4.30. The lowest BCUT2D eigenvalue weighted by atomic mass is 9.75. The third-order valence-electron chi connectivity index (χ3n) is 4.30. The largest absolute Gasteiger partial charge is 0.316 e. The molecule has 1 nitrogen and oxygen atoms in total. The van der Waals surface area contributed by atoms with Crippen molar-refractivity contribution >= 4 is 0 Å². The van der Waals surface area contributed by atoms with Gasteiger partial charge in [0.1, 0.15) is 0 Å². The summed E-state index contributed by atoms with van der Waals surface area (Å²) in [6.07, 6.45) is 13.8. The van der Waals surface area contributed by atoms with Gasteiger partial charge in [0.2, 0.25) is 0 Å². The fourth-order valence-electron chi connectivity index (χ4n) is 2.79. The van der Waals surface area contributed by atoms with Crippen LogP contribution in [0.1, 0.15) is 91.9 Å². The van der Waals surface area contributed by atoms with Crippen molar-refractivity contribution in [2.24, 2.45) is 5.41 Å². The monoisotopic (exact) mass is 255 g/mol. The van der Waals surface area contributed by atoms with E-state index in [1.54, 1.807) is 0 Å². The van der Waals surface area contributed by atoms with Gasteiger partial charge in [-0.1, -0.05) is 66.2 Å². The van der Waals surface area contributed by atoms with Crippen LogP contribution in [0.4, 0.5) is 0 Å². The summed E-state index contributed by atoms with van der Waals surface area (Å²) in [5.41, 5.74) is 0.582. The second-order valence-corrected chi connectivity index (χ2v) is 5.94. The molecule has 0 aliphatic carbocycles. The van der Waals surface area contributed by atoms with Gasteiger partial charge in [-0.2, -0.15) is 0 Å². The molecule has 1 N–H and O–H groups in total. The normalized spacial score (nSPS) is 14.7. The zero-order chi connectivity index (χ0) is 13.7. The molecule has 0 amide bonds. The van der Waals surface area contributed by atoms with Crippen molar-refractivity contribution in [3.8, 4) is 0 Å². The predicted molar refractivity (Wildman–Crippen MR) is 84.2 cm³/mol. The average molecular weight is 255 g/mol. The average Bonchev–Trinajstić information content (AvgIpc) is 2.40. The minimum atomic E-state index is 0.582. The first-order valence-electron chi connectivity index (χ1n) is 8.45. The van der Waals surface area contributed by atoms with Crippen molar-refractivity contribution in [2.75, 3.05) is 13.1 Å². The van der Waals surface area contributed by atoms with Gasteiger partial charge in [-0.25, -0.2) is 0 Å². The molecular formula is C17H37N. The Balaban J connectivity index is 4.15. The molecule has 0 aliphatic heterocycles. The Morgan fingerprint density at radius 1 is 0.722 bits per heavy atom. The van der Waals surface area contributed by atoms with Crippen LogP contribution in [0.5, 0.6) is 0 Å². The number of rotatable bonds is 13. The van der Waals surface area contributed by atoms with E-state index in [-0.39, 0.29) is 0 Å². The molecule has 18 heavy (non-hydrogen) atoms. The van der Waals surface area contributed by atoms with E-state index in [4.69, 9.17) is 0 Å². The highest BCUT2D eigenvalue weighted by Crippen LogP contribution is 2.34. The van der Waals surface area contributed by atoms with Crippen molar-refractivity contribution in [1.82, 2.24) is 5.32 Å². The second kappa shape index (κ2) is 12.0. The van der Waals surface area contributed by atoms with Crippen molar-refractivity contribution in [3.63, 3.8) is 0 Å². The summed E-state index contributed by atoms with van der Waals surface area (Å²) in [4.78, 5) is 0. The Hall–Kier alpha value is -0.0400. The number of nitrogens with one attached hydrogen (secondary N) is 1. The minimum Gasteiger partial charge on any atom is -0.316 e. The molecule has 0 aromatic carbocycles. The summed E-state index contributed by atoms with van der Waals surface area (Å²) in [7, 11) is 0. The van der Waals surface area contributed by atoms with Gasteiger partial charge in [0, 0.05) is 6.54 Å². The first-order valence-corrected chi connectivity index (χ1v) is 8.45. The molecule has 1 heteroatoms. The van der Waals surface area contributed by atoms with Crippen molar-refractivity contribution in [2.45, 2.75) is 91.9 Å². The van der Waals surface area contributed by atoms with Gasteiger partial charge in [-0.15, -0.1) is 0 Å². The Morgan fingerprint density at radius 3 is 1.94 bits per heavy atom. The van der Waals surface area contributed by atoms with Gasteiger partial charge in [0.25, 0.3) is 0 Å². The molecule has 1 atom stereocenters. The van der Waals surface area contributed by atoms with Crippen LogP contribution < -0.4 is 5.32 Å². The zero-order valence-corrected chi connectivity index (χ0v) is 13.5. The molecule has 1 unspecified atom stereocenters. The number of hydrogen-bond donors (Lipinski definition) is 1. The Labute approximate surface area is 116 Å². The van der Waals surface area contributed by atoms with Crippen LogP contribution in [-0.4, -0.2) is 13.1 Å². The fraction of sp³-hybridized carbons (Fsp3) is 1.00. The van der Waals surface area contributed by atoms with Crippen molar-refractivity contribution in [3.05, 3.63) is 0 Å². The maximum Gasteiger partial charge on any atom is 0.000770 e. The van der Waals surface area contributed by atoms with Crippen LogP contribution >= 0.6 is 0 Å². The fourth-order valence-corrected chi connectivity index (χ4v) is 2.79. The van der Waals surface area contributed by atoms with Crippen molar-refractivity contribution < 1.29 is 0 Å². The molecule has 0 radical (unpaired) electrons. The smallest absolute Gasteiger partial charge is 0.000770 e. The quantitative estimate of drug-likeness (QED) is 0.426. The highest BCUT2D eigenvalue weighted by atomic mass is 14.9. The van der Waals surface area contributed by atoms with Crippen molar-refractivity contribution in [1.29, 1.82) is 0 Å². The van der Waals surface area contributed by atoms with Gasteiger partial charge >= 0.3 is 0 Å².